The maximum Gasteiger partial charge on any atom is 0.266 e. The molecule has 3 heterocycles. The first-order valence-electron chi connectivity index (χ1n) is 15.8. The van der Waals surface area contributed by atoms with Crippen LogP contribution in [0.5, 0.6) is 0 Å². The van der Waals surface area contributed by atoms with E-state index in [0.29, 0.717) is 42.8 Å². The highest BCUT2D eigenvalue weighted by Gasteiger charge is 2.22. The molecule has 11 nitrogen and oxygen atoms in total. The predicted octanol–water partition coefficient (Wildman–Crippen LogP) is 6.86. The average molecular weight is 656 g/mol. The molecule has 5 rings (SSSR count). The van der Waals surface area contributed by atoms with Gasteiger partial charge in [-0.1, -0.05) is 54.9 Å². The molecule has 246 valence electrons. The second-order valence-corrected chi connectivity index (χ2v) is 12.2. The summed E-state index contributed by atoms with van der Waals surface area (Å²) in [5.41, 5.74) is 4.96. The van der Waals surface area contributed by atoms with Crippen LogP contribution in [0, 0.1) is 20.8 Å². The largest absolute Gasteiger partial charge is 0.377 e. The molecule has 0 aliphatic carbocycles. The molecule has 12 heteroatoms. The van der Waals surface area contributed by atoms with Gasteiger partial charge in [-0.15, -0.1) is 0 Å². The summed E-state index contributed by atoms with van der Waals surface area (Å²) in [7, 11) is 1.76. The lowest BCUT2D eigenvalue weighted by Crippen LogP contribution is -2.34. The molecular formula is C35H41N7O4S. The predicted molar refractivity (Wildman–Crippen MR) is 185 cm³/mol. The Morgan fingerprint density at radius 2 is 1.87 bits per heavy atom. The Morgan fingerprint density at radius 3 is 2.57 bits per heavy atom. The van der Waals surface area contributed by atoms with E-state index in [1.807, 2.05) is 39.0 Å². The Morgan fingerprint density at radius 1 is 1.06 bits per heavy atom. The lowest BCUT2D eigenvalue weighted by molar-refractivity contribution is 0.102. The monoisotopic (exact) mass is 655 g/mol. The third kappa shape index (κ3) is 7.83. The van der Waals surface area contributed by atoms with Gasteiger partial charge in [0.1, 0.15) is 17.1 Å². The van der Waals surface area contributed by atoms with E-state index >= 15 is 0 Å². The van der Waals surface area contributed by atoms with Gasteiger partial charge in [-0.2, -0.15) is 5.10 Å². The molecule has 0 aliphatic rings. The van der Waals surface area contributed by atoms with Gasteiger partial charge in [0.15, 0.2) is 11.6 Å². The van der Waals surface area contributed by atoms with Crippen LogP contribution in [0.2, 0.25) is 0 Å². The molecule has 47 heavy (non-hydrogen) atoms. The van der Waals surface area contributed by atoms with Crippen molar-refractivity contribution in [2.75, 3.05) is 16.6 Å². The van der Waals surface area contributed by atoms with Crippen molar-refractivity contribution in [3.63, 3.8) is 0 Å². The van der Waals surface area contributed by atoms with Crippen molar-refractivity contribution >= 4 is 29.5 Å². The van der Waals surface area contributed by atoms with Gasteiger partial charge in [0.05, 0.1) is 18.8 Å². The van der Waals surface area contributed by atoms with Gasteiger partial charge >= 0.3 is 0 Å². The number of ether oxygens (including phenoxy) is 1. The number of aromatic nitrogens is 5. The minimum atomic E-state index is -0.527. The second kappa shape index (κ2) is 15.3. The number of aryl methyl sites for hydroxylation is 4. The zero-order valence-corrected chi connectivity index (χ0v) is 28.5. The van der Waals surface area contributed by atoms with Gasteiger partial charge in [0.25, 0.3) is 11.5 Å². The fourth-order valence-corrected chi connectivity index (χ4v) is 6.08. The van der Waals surface area contributed by atoms with E-state index in [1.165, 1.54) is 11.9 Å². The van der Waals surface area contributed by atoms with E-state index in [1.54, 1.807) is 35.5 Å². The molecule has 1 amide bonds. The van der Waals surface area contributed by atoms with Crippen LogP contribution in [0.15, 0.2) is 68.9 Å². The smallest absolute Gasteiger partial charge is 0.266 e. The zero-order chi connectivity index (χ0) is 33.5. The molecule has 0 atom stereocenters. The Labute approximate surface area is 278 Å². The summed E-state index contributed by atoms with van der Waals surface area (Å²) in [6.07, 6.45) is 4.17. The summed E-state index contributed by atoms with van der Waals surface area (Å²) < 4.78 is 17.8. The Hall–Kier alpha value is -4.68. The molecule has 0 radical (unpaired) electrons. The molecule has 0 bridgehead atoms. The zero-order valence-electron chi connectivity index (χ0n) is 27.7. The lowest BCUT2D eigenvalue weighted by atomic mass is 9.97. The summed E-state index contributed by atoms with van der Waals surface area (Å²) in [4.78, 5) is 33.1. The number of unbranched alkanes of at least 4 members (excludes halogenated alkanes) is 1. The number of anilines is 2. The molecule has 3 aromatic heterocycles. The van der Waals surface area contributed by atoms with Crippen LogP contribution in [0.4, 0.5) is 11.6 Å². The molecule has 5 aromatic rings. The third-order valence-electron chi connectivity index (χ3n) is 7.93. The number of benzene rings is 2. The number of carbonyl (C=O) groups is 1. The SMILES string of the molecule is CCCCc1nc(C)c(C(=O)Nc2ccn(C)n2)c(=O)n1Cc1ccc(-c2ccccc2SNc2noc(C)c2C)c(COCC)c1. The standard InChI is InChI=1S/C35H41N7O4S/c1-7-9-14-31-36-23(4)32(34(43)37-30-17-18-41(6)38-30)35(44)42(31)20-25-15-16-27(26(19-25)21-45-8-2)28-12-10-11-13-29(28)47-40-33-22(3)24(5)46-39-33/h10-13,15-19H,7-9,14,20-21H2,1-6H3,(H,39,40)(H,37,38,43). The van der Waals surface area contributed by atoms with Crippen molar-refractivity contribution in [3.05, 3.63) is 105 Å². The molecule has 0 unspecified atom stereocenters. The van der Waals surface area contributed by atoms with Crippen LogP contribution < -0.4 is 15.6 Å². The second-order valence-electron chi connectivity index (χ2n) is 11.4. The highest BCUT2D eigenvalue weighted by molar-refractivity contribution is 8.00. The summed E-state index contributed by atoms with van der Waals surface area (Å²) >= 11 is 1.47. The van der Waals surface area contributed by atoms with E-state index in [-0.39, 0.29) is 17.7 Å². The van der Waals surface area contributed by atoms with E-state index < -0.39 is 5.91 Å². The van der Waals surface area contributed by atoms with Crippen LogP contribution in [0.25, 0.3) is 11.1 Å². The molecule has 0 saturated heterocycles. The van der Waals surface area contributed by atoms with Crippen molar-refractivity contribution in [2.45, 2.75) is 71.9 Å². The van der Waals surface area contributed by atoms with Crippen LogP contribution in [0.1, 0.15) is 71.0 Å². The van der Waals surface area contributed by atoms with Crippen LogP contribution in [0.3, 0.4) is 0 Å². The third-order valence-corrected chi connectivity index (χ3v) is 8.80. The lowest BCUT2D eigenvalue weighted by Gasteiger charge is -2.18. The number of carbonyl (C=O) groups excluding carboxylic acids is 1. The number of hydrogen-bond donors (Lipinski definition) is 2. The van der Waals surface area contributed by atoms with E-state index in [2.05, 4.69) is 51.5 Å². The molecule has 2 aromatic carbocycles. The quantitative estimate of drug-likeness (QED) is 0.123. The summed E-state index contributed by atoms with van der Waals surface area (Å²) in [5.74, 6) is 1.97. The Bertz CT molecular complexity index is 1930. The van der Waals surface area contributed by atoms with Gasteiger partial charge in [0.2, 0.25) is 0 Å². The average Bonchev–Trinajstić information content (AvgIpc) is 3.62. The highest BCUT2D eigenvalue weighted by Crippen LogP contribution is 2.35. The van der Waals surface area contributed by atoms with Crippen LogP contribution in [-0.2, 0) is 31.4 Å². The Kier molecular flexibility index (Phi) is 10.9. The molecule has 0 saturated carbocycles. The molecule has 0 spiro atoms. The first-order valence-corrected chi connectivity index (χ1v) is 16.6. The van der Waals surface area contributed by atoms with Gasteiger partial charge in [0, 0.05) is 42.8 Å². The van der Waals surface area contributed by atoms with Crippen molar-refractivity contribution in [1.29, 1.82) is 0 Å². The van der Waals surface area contributed by atoms with Crippen LogP contribution in [-0.4, -0.2) is 37.0 Å². The van der Waals surface area contributed by atoms with Gasteiger partial charge in [-0.3, -0.25) is 18.8 Å². The van der Waals surface area contributed by atoms with Crippen molar-refractivity contribution < 1.29 is 14.1 Å². The first kappa shape index (κ1) is 33.7. The van der Waals surface area contributed by atoms with Gasteiger partial charge < -0.3 is 19.3 Å². The molecule has 0 aliphatic heterocycles. The van der Waals surface area contributed by atoms with E-state index in [0.717, 1.165) is 51.3 Å². The summed E-state index contributed by atoms with van der Waals surface area (Å²) in [6.45, 7) is 10.8. The van der Waals surface area contributed by atoms with Crippen molar-refractivity contribution in [3.8, 4) is 11.1 Å². The van der Waals surface area contributed by atoms with Crippen molar-refractivity contribution in [2.24, 2.45) is 7.05 Å². The van der Waals surface area contributed by atoms with Crippen LogP contribution >= 0.6 is 11.9 Å². The van der Waals surface area contributed by atoms with Gasteiger partial charge in [-0.05, 0) is 74.4 Å². The maximum atomic E-state index is 14.0. The number of hydrogen-bond acceptors (Lipinski definition) is 9. The molecule has 0 fully saturated rings. The number of amides is 1. The van der Waals surface area contributed by atoms with Gasteiger partial charge in [-0.25, -0.2) is 4.98 Å². The first-order chi connectivity index (χ1) is 22.7. The number of nitrogens with zero attached hydrogens (tertiary/aromatic N) is 5. The minimum absolute atomic E-state index is 0.0121. The fraction of sp³-hybridized carbons (Fsp3) is 0.343. The van der Waals surface area contributed by atoms with Crippen molar-refractivity contribution in [1.82, 2.24) is 24.5 Å². The summed E-state index contributed by atoms with van der Waals surface area (Å²) in [5, 5.41) is 11.1. The number of rotatable bonds is 14. The fourth-order valence-electron chi connectivity index (χ4n) is 5.24. The maximum absolute atomic E-state index is 14.0. The molecule has 2 N–H and O–H groups in total. The highest BCUT2D eigenvalue weighted by atomic mass is 32.2. The summed E-state index contributed by atoms with van der Waals surface area (Å²) in [6, 6.07) is 16.0. The molecular weight excluding hydrogens is 614 g/mol. The topological polar surface area (TPSA) is 129 Å². The Balaban J connectivity index is 1.50. The minimum Gasteiger partial charge on any atom is -0.377 e. The van der Waals surface area contributed by atoms with E-state index in [9.17, 15) is 9.59 Å². The number of nitrogens with one attached hydrogen (secondary N) is 2. The van der Waals surface area contributed by atoms with E-state index in [4.69, 9.17) is 14.2 Å². The normalized spacial score (nSPS) is 11.2.